The van der Waals surface area contributed by atoms with Crippen LogP contribution < -0.4 is 15.4 Å². The number of amides is 2. The van der Waals surface area contributed by atoms with Crippen LogP contribution in [0.2, 0.25) is 0 Å². The van der Waals surface area contributed by atoms with E-state index < -0.39 is 29.8 Å². The Morgan fingerprint density at radius 2 is 1.72 bits per heavy atom. The molecule has 0 spiro atoms. The van der Waals surface area contributed by atoms with Crippen molar-refractivity contribution in [1.82, 2.24) is 15.5 Å². The number of aliphatic hydroxyl groups excluding tert-OH is 1. The highest BCUT2D eigenvalue weighted by Gasteiger charge is 2.33. The van der Waals surface area contributed by atoms with Crippen LogP contribution in [0.4, 0.5) is 4.79 Å². The van der Waals surface area contributed by atoms with Crippen molar-refractivity contribution in [2.45, 2.75) is 105 Å². The number of alkyl carbamates (subject to hydrolysis) is 1. The van der Waals surface area contributed by atoms with Crippen molar-refractivity contribution in [2.75, 3.05) is 60.2 Å². The number of nitrogens with zero attached hydrogens (tertiary/aromatic N) is 1. The largest absolute Gasteiger partial charge is 0.496 e. The molecule has 0 radical (unpaired) electrons. The number of benzene rings is 1. The topological polar surface area (TPSA) is 119 Å². The maximum absolute atomic E-state index is 13.4. The standard InChI is InChI=1S/C37H65N3O7/c1-26(2)30(23-28-13-14-34(45-9)29(22-28)12-10-11-19-44-8)24-32(39-36(43)47-37(5,6)7)33(41)25-31(27(3)4)35(42)38-15-16-40-17-20-46-21-18-40/h13-14,22,26-27,30-33,41H,10-12,15-21,23-25H2,1-9H3,(H,38,42)(H,39,43)/t30-,31-,32-,33-/m0/s1. The number of unbranched alkanes of at least 4 members (excludes halogenated alkanes) is 1. The summed E-state index contributed by atoms with van der Waals surface area (Å²) in [6, 6.07) is 5.78. The first-order valence-corrected chi connectivity index (χ1v) is 17.6. The van der Waals surface area contributed by atoms with Crippen LogP contribution >= 0.6 is 0 Å². The van der Waals surface area contributed by atoms with Crippen molar-refractivity contribution in [3.05, 3.63) is 29.3 Å². The third kappa shape index (κ3) is 15.6. The number of morpholine rings is 1. The summed E-state index contributed by atoms with van der Waals surface area (Å²) >= 11 is 0. The monoisotopic (exact) mass is 663 g/mol. The molecule has 1 fully saturated rings. The summed E-state index contributed by atoms with van der Waals surface area (Å²) in [5.41, 5.74) is 1.68. The zero-order valence-corrected chi connectivity index (χ0v) is 30.7. The molecule has 1 saturated heterocycles. The second-order valence-corrected chi connectivity index (χ2v) is 14.7. The molecule has 10 nitrogen and oxygen atoms in total. The molecule has 0 aliphatic carbocycles. The minimum atomic E-state index is -0.937. The van der Waals surface area contributed by atoms with Gasteiger partial charge in [-0.05, 0) is 94.2 Å². The molecule has 4 atom stereocenters. The molecule has 1 aromatic carbocycles. The van der Waals surface area contributed by atoms with E-state index in [1.807, 2.05) is 40.7 Å². The number of hydrogen-bond acceptors (Lipinski definition) is 8. The summed E-state index contributed by atoms with van der Waals surface area (Å²) in [6.45, 7) is 19.0. The Morgan fingerprint density at radius 1 is 1.02 bits per heavy atom. The predicted octanol–water partition coefficient (Wildman–Crippen LogP) is 5.23. The van der Waals surface area contributed by atoms with Gasteiger partial charge < -0.3 is 34.7 Å². The quantitative estimate of drug-likeness (QED) is 0.162. The number of aryl methyl sites for hydroxylation is 1. The molecule has 1 aliphatic rings. The minimum absolute atomic E-state index is 0.0118. The van der Waals surface area contributed by atoms with E-state index in [0.29, 0.717) is 26.2 Å². The number of nitrogens with one attached hydrogen (secondary N) is 2. The average molecular weight is 664 g/mol. The number of rotatable bonds is 20. The maximum atomic E-state index is 13.4. The lowest BCUT2D eigenvalue weighted by molar-refractivity contribution is -0.127. The Morgan fingerprint density at radius 3 is 2.32 bits per heavy atom. The molecule has 0 saturated carbocycles. The van der Waals surface area contributed by atoms with Crippen LogP contribution in [0.25, 0.3) is 0 Å². The fraction of sp³-hybridized carbons (Fsp3) is 0.784. The summed E-state index contributed by atoms with van der Waals surface area (Å²) in [4.78, 5) is 28.7. The van der Waals surface area contributed by atoms with Crippen LogP contribution in [0.15, 0.2) is 18.2 Å². The molecular formula is C37H65N3O7. The van der Waals surface area contributed by atoms with Crippen molar-refractivity contribution >= 4 is 12.0 Å². The van der Waals surface area contributed by atoms with Crippen LogP contribution in [0.5, 0.6) is 5.75 Å². The molecule has 0 unspecified atom stereocenters. The minimum Gasteiger partial charge on any atom is -0.496 e. The van der Waals surface area contributed by atoms with Gasteiger partial charge in [-0.15, -0.1) is 0 Å². The number of methoxy groups -OCH3 is 2. The molecule has 2 rings (SSSR count). The lowest BCUT2D eigenvalue weighted by atomic mass is 9.80. The third-order valence-electron chi connectivity index (χ3n) is 9.02. The van der Waals surface area contributed by atoms with Gasteiger partial charge in [0.25, 0.3) is 0 Å². The van der Waals surface area contributed by atoms with E-state index in [1.54, 1.807) is 14.2 Å². The Hall–Kier alpha value is -2.40. The molecule has 270 valence electrons. The predicted molar refractivity (Wildman–Crippen MR) is 187 cm³/mol. The lowest BCUT2D eigenvalue weighted by Gasteiger charge is -2.33. The van der Waals surface area contributed by atoms with Gasteiger partial charge in [-0.3, -0.25) is 9.69 Å². The van der Waals surface area contributed by atoms with Gasteiger partial charge in [0.2, 0.25) is 5.91 Å². The van der Waals surface area contributed by atoms with E-state index >= 15 is 0 Å². The zero-order valence-electron chi connectivity index (χ0n) is 30.7. The van der Waals surface area contributed by atoms with Gasteiger partial charge in [-0.2, -0.15) is 0 Å². The number of ether oxygens (including phenoxy) is 4. The molecule has 2 amide bonds. The van der Waals surface area contributed by atoms with Crippen molar-refractivity contribution in [3.63, 3.8) is 0 Å². The fourth-order valence-electron chi connectivity index (χ4n) is 6.11. The Bertz CT molecular complexity index is 1050. The average Bonchev–Trinajstić information content (AvgIpc) is 3.00. The third-order valence-corrected chi connectivity index (χ3v) is 9.02. The number of aliphatic hydroxyl groups is 1. The zero-order chi connectivity index (χ0) is 35.0. The van der Waals surface area contributed by atoms with E-state index in [1.165, 1.54) is 11.1 Å². The Labute approximate surface area is 284 Å². The van der Waals surface area contributed by atoms with E-state index in [0.717, 1.165) is 57.7 Å². The van der Waals surface area contributed by atoms with Crippen molar-refractivity contribution in [3.8, 4) is 5.75 Å². The highest BCUT2D eigenvalue weighted by molar-refractivity contribution is 5.79. The first-order valence-electron chi connectivity index (χ1n) is 17.6. The molecule has 0 aromatic heterocycles. The molecule has 47 heavy (non-hydrogen) atoms. The molecule has 3 N–H and O–H groups in total. The van der Waals surface area contributed by atoms with Crippen LogP contribution in [0.3, 0.4) is 0 Å². The summed E-state index contributed by atoms with van der Waals surface area (Å²) in [5.74, 6) is 0.853. The smallest absolute Gasteiger partial charge is 0.407 e. The second-order valence-electron chi connectivity index (χ2n) is 14.7. The van der Waals surface area contributed by atoms with Gasteiger partial charge in [-0.25, -0.2) is 4.79 Å². The summed E-state index contributed by atoms with van der Waals surface area (Å²) in [7, 11) is 3.43. The van der Waals surface area contributed by atoms with E-state index in [9.17, 15) is 14.7 Å². The van der Waals surface area contributed by atoms with E-state index in [-0.39, 0.29) is 30.1 Å². The summed E-state index contributed by atoms with van der Waals surface area (Å²) in [5, 5.41) is 17.8. The highest BCUT2D eigenvalue weighted by atomic mass is 16.6. The number of carbonyl (C=O) groups is 2. The van der Waals surface area contributed by atoms with Crippen molar-refractivity contribution in [2.24, 2.45) is 23.7 Å². The van der Waals surface area contributed by atoms with Gasteiger partial charge in [0.15, 0.2) is 0 Å². The van der Waals surface area contributed by atoms with Crippen LogP contribution in [-0.4, -0.2) is 100.0 Å². The lowest BCUT2D eigenvalue weighted by Crippen LogP contribution is -2.49. The first kappa shape index (κ1) is 40.8. The Kier molecular flexibility index (Phi) is 18.1. The van der Waals surface area contributed by atoms with Crippen LogP contribution in [0, 0.1) is 23.7 Å². The van der Waals surface area contributed by atoms with Crippen LogP contribution in [-0.2, 0) is 31.8 Å². The maximum Gasteiger partial charge on any atom is 0.407 e. The number of carbonyl (C=O) groups excluding carboxylic acids is 2. The van der Waals surface area contributed by atoms with E-state index in [2.05, 4.69) is 41.5 Å². The van der Waals surface area contributed by atoms with Gasteiger partial charge in [0.1, 0.15) is 11.4 Å². The SMILES string of the molecule is COCCCCc1cc(C[C@@H](C[C@H](NC(=O)OC(C)(C)C)[C@@H](O)C[C@H](C(=O)NCCN2CCOCC2)C(C)C)C(C)C)ccc1OC. The van der Waals surface area contributed by atoms with Crippen molar-refractivity contribution in [1.29, 1.82) is 0 Å². The molecule has 1 aromatic rings. The molecule has 10 heteroatoms. The van der Waals surface area contributed by atoms with Gasteiger partial charge >= 0.3 is 6.09 Å². The molecule has 1 heterocycles. The fourth-order valence-corrected chi connectivity index (χ4v) is 6.11. The second kappa shape index (κ2) is 20.9. The summed E-state index contributed by atoms with van der Waals surface area (Å²) in [6.07, 6.45) is 2.94. The van der Waals surface area contributed by atoms with Gasteiger partial charge in [0.05, 0.1) is 32.5 Å². The number of hydrogen-bond donors (Lipinski definition) is 3. The van der Waals surface area contributed by atoms with E-state index in [4.69, 9.17) is 18.9 Å². The normalized spacial score (nSPS) is 16.9. The first-order chi connectivity index (χ1) is 22.2. The van der Waals surface area contributed by atoms with Crippen molar-refractivity contribution < 1.29 is 33.6 Å². The highest BCUT2D eigenvalue weighted by Crippen LogP contribution is 2.29. The van der Waals surface area contributed by atoms with Gasteiger partial charge in [-0.1, -0.05) is 39.8 Å². The van der Waals surface area contributed by atoms with Gasteiger partial charge in [0, 0.05) is 45.8 Å². The summed E-state index contributed by atoms with van der Waals surface area (Å²) < 4.78 is 21.9. The Balaban J connectivity index is 2.20. The van der Waals surface area contributed by atoms with Crippen LogP contribution in [0.1, 0.15) is 85.3 Å². The molecule has 1 aliphatic heterocycles. The molecule has 0 bridgehead atoms. The molecular weight excluding hydrogens is 598 g/mol.